The van der Waals surface area contributed by atoms with Gasteiger partial charge in [0, 0.05) is 44.2 Å². The minimum Gasteiger partial charge on any atom is -0.338 e. The van der Waals surface area contributed by atoms with Gasteiger partial charge in [0.1, 0.15) is 5.82 Å². The maximum Gasteiger partial charge on any atom is 0.253 e. The number of rotatable bonds is 8. The molecule has 172 valence electrons. The van der Waals surface area contributed by atoms with Crippen molar-refractivity contribution >= 4 is 5.91 Å². The highest BCUT2D eigenvalue weighted by Gasteiger charge is 2.36. The topological polar surface area (TPSA) is 23.6 Å². The van der Waals surface area contributed by atoms with Gasteiger partial charge >= 0.3 is 0 Å². The first-order valence-electron chi connectivity index (χ1n) is 11.9. The smallest absolute Gasteiger partial charge is 0.253 e. The third-order valence-electron chi connectivity index (χ3n) is 6.41. The SMILES string of the molecule is CC(C)CN(CC1CN(Cc2ccccc2)CC1c1ccc(F)cc1)C(=O)c1ccccc1. The Hall–Kier alpha value is -2.98. The van der Waals surface area contributed by atoms with Gasteiger partial charge in [0.25, 0.3) is 5.91 Å². The number of amides is 1. The molecule has 1 aliphatic rings. The zero-order chi connectivity index (χ0) is 23.2. The van der Waals surface area contributed by atoms with Crippen molar-refractivity contribution in [2.75, 3.05) is 26.2 Å². The molecular formula is C29H33FN2O. The fourth-order valence-electron chi connectivity index (χ4n) is 4.93. The van der Waals surface area contributed by atoms with Crippen LogP contribution in [0.15, 0.2) is 84.9 Å². The van der Waals surface area contributed by atoms with Gasteiger partial charge in [-0.1, -0.05) is 74.5 Å². The van der Waals surface area contributed by atoms with Crippen LogP contribution < -0.4 is 0 Å². The van der Waals surface area contributed by atoms with E-state index in [1.807, 2.05) is 53.4 Å². The monoisotopic (exact) mass is 444 g/mol. The summed E-state index contributed by atoms with van der Waals surface area (Å²) < 4.78 is 13.6. The summed E-state index contributed by atoms with van der Waals surface area (Å²) >= 11 is 0. The fraction of sp³-hybridized carbons (Fsp3) is 0.345. The molecule has 0 spiro atoms. The standard InChI is InChI=1S/C29H33FN2O/c1-22(2)17-32(29(33)25-11-7-4-8-12-25)20-26-19-31(18-23-9-5-3-6-10-23)21-28(26)24-13-15-27(30)16-14-24/h3-16,22,26,28H,17-21H2,1-2H3. The van der Waals surface area contributed by atoms with Gasteiger partial charge in [-0.15, -0.1) is 0 Å². The number of carbonyl (C=O) groups is 1. The lowest BCUT2D eigenvalue weighted by molar-refractivity contribution is 0.0703. The molecule has 0 N–H and O–H groups in total. The van der Waals surface area contributed by atoms with Gasteiger partial charge in [-0.25, -0.2) is 4.39 Å². The van der Waals surface area contributed by atoms with Gasteiger partial charge in [0.15, 0.2) is 0 Å². The molecular weight excluding hydrogens is 411 g/mol. The van der Waals surface area contributed by atoms with E-state index in [2.05, 4.69) is 43.0 Å². The van der Waals surface area contributed by atoms with Crippen LogP contribution >= 0.6 is 0 Å². The van der Waals surface area contributed by atoms with Crippen LogP contribution in [0, 0.1) is 17.7 Å². The molecule has 33 heavy (non-hydrogen) atoms. The van der Waals surface area contributed by atoms with E-state index in [1.165, 1.54) is 5.56 Å². The van der Waals surface area contributed by atoms with Crippen molar-refractivity contribution in [2.24, 2.45) is 11.8 Å². The average Bonchev–Trinajstić information content (AvgIpc) is 3.21. The highest BCUT2D eigenvalue weighted by atomic mass is 19.1. The summed E-state index contributed by atoms with van der Waals surface area (Å²) in [6.45, 7) is 8.41. The van der Waals surface area contributed by atoms with Crippen LogP contribution in [0.2, 0.25) is 0 Å². The number of carbonyl (C=O) groups excluding carboxylic acids is 1. The molecule has 0 bridgehead atoms. The van der Waals surface area contributed by atoms with E-state index in [0.29, 0.717) is 12.5 Å². The second-order valence-electron chi connectivity index (χ2n) is 9.57. The normalized spacial score (nSPS) is 18.5. The molecule has 0 aromatic heterocycles. The van der Waals surface area contributed by atoms with Gasteiger partial charge in [-0.2, -0.15) is 0 Å². The van der Waals surface area contributed by atoms with Gasteiger partial charge in [0.2, 0.25) is 0 Å². The van der Waals surface area contributed by atoms with Crippen LogP contribution in [0.5, 0.6) is 0 Å². The predicted molar refractivity (Wildman–Crippen MR) is 132 cm³/mol. The van der Waals surface area contributed by atoms with E-state index < -0.39 is 0 Å². The third kappa shape index (κ3) is 6.08. The molecule has 4 rings (SSSR count). The maximum atomic E-state index is 13.6. The Bertz CT molecular complexity index is 1020. The molecule has 1 aliphatic heterocycles. The first-order chi connectivity index (χ1) is 16.0. The molecule has 3 aromatic carbocycles. The van der Waals surface area contributed by atoms with Gasteiger partial charge in [0.05, 0.1) is 0 Å². The van der Waals surface area contributed by atoms with Crippen molar-refractivity contribution in [1.29, 1.82) is 0 Å². The molecule has 0 saturated carbocycles. The predicted octanol–water partition coefficient (Wildman–Crippen LogP) is 5.84. The largest absolute Gasteiger partial charge is 0.338 e. The molecule has 1 amide bonds. The molecule has 0 aliphatic carbocycles. The first-order valence-corrected chi connectivity index (χ1v) is 11.9. The van der Waals surface area contributed by atoms with E-state index in [1.54, 1.807) is 12.1 Å². The second-order valence-corrected chi connectivity index (χ2v) is 9.57. The van der Waals surface area contributed by atoms with E-state index in [9.17, 15) is 9.18 Å². The molecule has 4 heteroatoms. The van der Waals surface area contributed by atoms with Crippen molar-refractivity contribution < 1.29 is 9.18 Å². The van der Waals surface area contributed by atoms with Gasteiger partial charge in [-0.3, -0.25) is 9.69 Å². The molecule has 2 unspecified atom stereocenters. The molecule has 3 aromatic rings. The Morgan fingerprint density at radius 2 is 1.58 bits per heavy atom. The highest BCUT2D eigenvalue weighted by molar-refractivity contribution is 5.94. The molecule has 1 saturated heterocycles. The summed E-state index contributed by atoms with van der Waals surface area (Å²) in [6.07, 6.45) is 0. The lowest BCUT2D eigenvalue weighted by Gasteiger charge is -2.30. The van der Waals surface area contributed by atoms with E-state index >= 15 is 0 Å². The first kappa shape index (κ1) is 23.2. The van der Waals surface area contributed by atoms with Crippen LogP contribution in [-0.2, 0) is 6.54 Å². The molecule has 3 nitrogen and oxygen atoms in total. The van der Waals surface area contributed by atoms with Gasteiger partial charge < -0.3 is 4.90 Å². The summed E-state index contributed by atoms with van der Waals surface area (Å²) in [6, 6.07) is 27.0. The molecule has 2 atom stereocenters. The summed E-state index contributed by atoms with van der Waals surface area (Å²) in [5.74, 6) is 0.792. The quantitative estimate of drug-likeness (QED) is 0.436. The lowest BCUT2D eigenvalue weighted by atomic mass is 9.88. The van der Waals surface area contributed by atoms with E-state index in [4.69, 9.17) is 0 Å². The fourth-order valence-corrected chi connectivity index (χ4v) is 4.93. The summed E-state index contributed by atoms with van der Waals surface area (Å²) in [4.78, 5) is 17.9. The Kier molecular flexibility index (Phi) is 7.56. The van der Waals surface area contributed by atoms with Crippen LogP contribution in [0.25, 0.3) is 0 Å². The van der Waals surface area contributed by atoms with Crippen LogP contribution in [0.1, 0.15) is 41.3 Å². The average molecular weight is 445 g/mol. The second kappa shape index (κ2) is 10.8. The minimum atomic E-state index is -0.213. The highest BCUT2D eigenvalue weighted by Crippen LogP contribution is 2.34. The number of likely N-dealkylation sites (tertiary alicyclic amines) is 1. The Morgan fingerprint density at radius 1 is 0.939 bits per heavy atom. The van der Waals surface area contributed by atoms with E-state index in [-0.39, 0.29) is 23.6 Å². The summed E-state index contributed by atoms with van der Waals surface area (Å²) in [7, 11) is 0. The zero-order valence-electron chi connectivity index (χ0n) is 19.5. The minimum absolute atomic E-state index is 0.0867. The Labute approximate surface area is 196 Å². The van der Waals surface area contributed by atoms with Gasteiger partial charge in [-0.05, 0) is 47.2 Å². The van der Waals surface area contributed by atoms with Crippen LogP contribution in [-0.4, -0.2) is 41.9 Å². The van der Waals surface area contributed by atoms with Crippen molar-refractivity contribution in [1.82, 2.24) is 9.80 Å². The maximum absolute atomic E-state index is 13.6. The molecule has 0 radical (unpaired) electrons. The van der Waals surface area contributed by atoms with E-state index in [0.717, 1.165) is 37.3 Å². The number of hydrogen-bond acceptors (Lipinski definition) is 2. The number of nitrogens with zero attached hydrogens (tertiary/aromatic N) is 2. The van der Waals surface area contributed by atoms with Crippen LogP contribution in [0.4, 0.5) is 4.39 Å². The third-order valence-corrected chi connectivity index (χ3v) is 6.41. The van der Waals surface area contributed by atoms with Crippen molar-refractivity contribution in [3.8, 4) is 0 Å². The Balaban J connectivity index is 1.57. The number of benzene rings is 3. The molecule has 1 heterocycles. The summed E-state index contributed by atoms with van der Waals surface area (Å²) in [5.41, 5.74) is 3.17. The van der Waals surface area contributed by atoms with Crippen LogP contribution in [0.3, 0.4) is 0 Å². The summed E-state index contributed by atoms with van der Waals surface area (Å²) in [5, 5.41) is 0. The van der Waals surface area contributed by atoms with Crippen molar-refractivity contribution in [3.63, 3.8) is 0 Å². The lowest BCUT2D eigenvalue weighted by Crippen LogP contribution is -2.39. The number of hydrogen-bond donors (Lipinski definition) is 0. The van der Waals surface area contributed by atoms with Crippen molar-refractivity contribution in [2.45, 2.75) is 26.3 Å². The van der Waals surface area contributed by atoms with Crippen molar-refractivity contribution in [3.05, 3.63) is 107 Å². The Morgan fingerprint density at radius 3 is 2.21 bits per heavy atom. The zero-order valence-corrected chi connectivity index (χ0v) is 19.5. The molecule has 1 fully saturated rings. The number of halogens is 1.